The minimum atomic E-state index is 0.525. The highest BCUT2D eigenvalue weighted by atomic mass is 14.9. The zero-order valence-electron chi connectivity index (χ0n) is 11.3. The van der Waals surface area contributed by atoms with Gasteiger partial charge in [-0.25, -0.2) is 0 Å². The van der Waals surface area contributed by atoms with Gasteiger partial charge in [0, 0.05) is 17.4 Å². The molecule has 1 atom stereocenters. The van der Waals surface area contributed by atoms with Gasteiger partial charge < -0.3 is 11.1 Å². The molecule has 2 nitrogen and oxygen atoms in total. The number of benzene rings is 2. The molecule has 2 aromatic carbocycles. The van der Waals surface area contributed by atoms with Gasteiger partial charge in [0.2, 0.25) is 0 Å². The normalized spacial score (nSPS) is 17.8. The van der Waals surface area contributed by atoms with Crippen LogP contribution in [-0.2, 0) is 12.8 Å². The van der Waals surface area contributed by atoms with Crippen LogP contribution in [0.1, 0.15) is 23.1 Å². The van der Waals surface area contributed by atoms with Crippen molar-refractivity contribution < 1.29 is 0 Å². The largest absolute Gasteiger partial charge is 0.399 e. The summed E-state index contributed by atoms with van der Waals surface area (Å²) in [5, 5.41) is 3.66. The summed E-state index contributed by atoms with van der Waals surface area (Å²) in [4.78, 5) is 0. The monoisotopic (exact) mass is 252 g/mol. The molecule has 19 heavy (non-hydrogen) atoms. The maximum absolute atomic E-state index is 5.80. The van der Waals surface area contributed by atoms with E-state index in [0.29, 0.717) is 6.04 Å². The van der Waals surface area contributed by atoms with Crippen molar-refractivity contribution in [3.63, 3.8) is 0 Å². The van der Waals surface area contributed by atoms with Gasteiger partial charge in [0.1, 0.15) is 0 Å². The molecule has 0 fully saturated rings. The molecule has 0 amide bonds. The molecule has 1 unspecified atom stereocenters. The number of rotatable bonds is 2. The fourth-order valence-electron chi connectivity index (χ4n) is 2.89. The number of nitrogens with one attached hydrogen (secondary N) is 1. The maximum atomic E-state index is 5.80. The first kappa shape index (κ1) is 12.1. The highest BCUT2D eigenvalue weighted by Gasteiger charge is 2.18. The first-order valence-electron chi connectivity index (χ1n) is 6.92. The van der Waals surface area contributed by atoms with Gasteiger partial charge in [-0.2, -0.15) is 0 Å². The van der Waals surface area contributed by atoms with Crippen molar-refractivity contribution in [1.29, 1.82) is 0 Å². The molecule has 0 saturated heterocycles. The Morgan fingerprint density at radius 3 is 2.68 bits per heavy atom. The smallest absolute Gasteiger partial charge is 0.0373 e. The predicted octanol–water partition coefficient (Wildman–Crippen LogP) is 3.55. The first-order valence-corrected chi connectivity index (χ1v) is 6.92. The molecule has 0 aromatic heterocycles. The van der Waals surface area contributed by atoms with Crippen molar-refractivity contribution in [2.24, 2.45) is 0 Å². The summed E-state index contributed by atoms with van der Waals surface area (Å²) < 4.78 is 0. The zero-order chi connectivity index (χ0) is 13.2. The third kappa shape index (κ3) is 2.58. The highest BCUT2D eigenvalue weighted by Crippen LogP contribution is 2.25. The predicted molar refractivity (Wildman–Crippen MR) is 81.5 cm³/mol. The van der Waals surface area contributed by atoms with Gasteiger partial charge in [-0.15, -0.1) is 0 Å². The second-order valence-corrected chi connectivity index (χ2v) is 5.43. The van der Waals surface area contributed by atoms with Crippen LogP contribution in [0.2, 0.25) is 0 Å². The maximum Gasteiger partial charge on any atom is 0.0373 e. The second-order valence-electron chi connectivity index (χ2n) is 5.43. The SMILES string of the molecule is Cc1cc(N)ccc1NC1CCc2ccccc2C1. The summed E-state index contributed by atoms with van der Waals surface area (Å²) in [5.74, 6) is 0. The number of aryl methyl sites for hydroxylation is 2. The molecule has 0 heterocycles. The number of fused-ring (bicyclic) bond motifs is 1. The van der Waals surface area contributed by atoms with Crippen molar-refractivity contribution >= 4 is 11.4 Å². The molecule has 0 saturated carbocycles. The van der Waals surface area contributed by atoms with Crippen molar-refractivity contribution in [3.8, 4) is 0 Å². The molecular weight excluding hydrogens is 232 g/mol. The van der Waals surface area contributed by atoms with Crippen LogP contribution in [0.15, 0.2) is 42.5 Å². The van der Waals surface area contributed by atoms with Crippen LogP contribution in [0, 0.1) is 6.92 Å². The van der Waals surface area contributed by atoms with E-state index in [1.807, 2.05) is 12.1 Å². The van der Waals surface area contributed by atoms with Gasteiger partial charge in [0.05, 0.1) is 0 Å². The van der Waals surface area contributed by atoms with E-state index in [2.05, 4.69) is 42.6 Å². The first-order chi connectivity index (χ1) is 9.22. The lowest BCUT2D eigenvalue weighted by atomic mass is 9.88. The van der Waals surface area contributed by atoms with Gasteiger partial charge in [-0.3, -0.25) is 0 Å². The molecule has 2 aromatic rings. The lowest BCUT2D eigenvalue weighted by Gasteiger charge is -2.27. The Labute approximate surface area is 114 Å². The van der Waals surface area contributed by atoms with Gasteiger partial charge in [0.15, 0.2) is 0 Å². The van der Waals surface area contributed by atoms with E-state index in [1.165, 1.54) is 35.2 Å². The molecule has 2 heteroatoms. The fourth-order valence-corrected chi connectivity index (χ4v) is 2.89. The molecular formula is C17H20N2. The summed E-state index contributed by atoms with van der Waals surface area (Å²) in [7, 11) is 0. The molecule has 3 rings (SSSR count). The third-order valence-corrected chi connectivity index (χ3v) is 3.96. The molecule has 0 radical (unpaired) electrons. The standard InChI is InChI=1S/C17H20N2/c1-12-10-15(18)7-9-17(12)19-16-8-6-13-4-2-3-5-14(13)11-16/h2-5,7,9-10,16,19H,6,8,11,18H2,1H3. The Bertz CT molecular complexity index is 590. The van der Waals surface area contributed by atoms with Crippen LogP contribution in [0.3, 0.4) is 0 Å². The van der Waals surface area contributed by atoms with Crippen LogP contribution in [0.4, 0.5) is 11.4 Å². The topological polar surface area (TPSA) is 38.0 Å². The summed E-state index contributed by atoms with van der Waals surface area (Å²) in [6, 6.07) is 15.4. The van der Waals surface area contributed by atoms with Gasteiger partial charge in [0.25, 0.3) is 0 Å². The van der Waals surface area contributed by atoms with E-state index in [0.717, 1.165) is 12.1 Å². The molecule has 98 valence electrons. The van der Waals surface area contributed by atoms with Crippen LogP contribution >= 0.6 is 0 Å². The lowest BCUT2D eigenvalue weighted by Crippen LogP contribution is -2.27. The second kappa shape index (κ2) is 4.96. The Hall–Kier alpha value is -1.96. The Morgan fingerprint density at radius 2 is 1.89 bits per heavy atom. The zero-order valence-corrected chi connectivity index (χ0v) is 11.3. The molecule has 0 aliphatic heterocycles. The molecule has 1 aliphatic carbocycles. The van der Waals surface area contributed by atoms with Crippen LogP contribution in [-0.4, -0.2) is 6.04 Å². The van der Waals surface area contributed by atoms with E-state index in [1.54, 1.807) is 0 Å². The van der Waals surface area contributed by atoms with E-state index in [4.69, 9.17) is 5.73 Å². The highest BCUT2D eigenvalue weighted by molar-refractivity contribution is 5.58. The average molecular weight is 252 g/mol. The van der Waals surface area contributed by atoms with Gasteiger partial charge in [-0.1, -0.05) is 24.3 Å². The quantitative estimate of drug-likeness (QED) is 0.802. The average Bonchev–Trinajstić information content (AvgIpc) is 2.42. The summed E-state index contributed by atoms with van der Waals surface area (Å²) in [6.07, 6.45) is 3.47. The lowest BCUT2D eigenvalue weighted by molar-refractivity contribution is 0.610. The number of nitrogens with two attached hydrogens (primary N) is 1. The number of hydrogen-bond donors (Lipinski definition) is 2. The van der Waals surface area contributed by atoms with Crippen molar-refractivity contribution in [1.82, 2.24) is 0 Å². The van der Waals surface area contributed by atoms with Gasteiger partial charge in [-0.05, 0) is 61.1 Å². The Balaban J connectivity index is 1.75. The number of nitrogen functional groups attached to an aromatic ring is 1. The third-order valence-electron chi connectivity index (χ3n) is 3.96. The molecule has 0 spiro atoms. The van der Waals surface area contributed by atoms with E-state index < -0.39 is 0 Å². The number of anilines is 2. The van der Waals surface area contributed by atoms with Crippen LogP contribution in [0.25, 0.3) is 0 Å². The van der Waals surface area contributed by atoms with Crippen molar-refractivity contribution in [2.45, 2.75) is 32.2 Å². The van der Waals surface area contributed by atoms with Crippen molar-refractivity contribution in [2.75, 3.05) is 11.1 Å². The fraction of sp³-hybridized carbons (Fsp3) is 0.294. The summed E-state index contributed by atoms with van der Waals surface area (Å²) in [5.41, 5.74) is 12.0. The van der Waals surface area contributed by atoms with E-state index >= 15 is 0 Å². The van der Waals surface area contributed by atoms with Crippen LogP contribution < -0.4 is 11.1 Å². The Kier molecular flexibility index (Phi) is 3.16. The molecule has 0 bridgehead atoms. The van der Waals surface area contributed by atoms with E-state index in [-0.39, 0.29) is 0 Å². The summed E-state index contributed by atoms with van der Waals surface area (Å²) in [6.45, 7) is 2.11. The van der Waals surface area contributed by atoms with Crippen LogP contribution in [0.5, 0.6) is 0 Å². The molecule has 1 aliphatic rings. The summed E-state index contributed by atoms with van der Waals surface area (Å²) >= 11 is 0. The molecule has 3 N–H and O–H groups in total. The minimum Gasteiger partial charge on any atom is -0.399 e. The Morgan fingerprint density at radius 1 is 1.11 bits per heavy atom. The minimum absolute atomic E-state index is 0.525. The number of hydrogen-bond acceptors (Lipinski definition) is 2. The van der Waals surface area contributed by atoms with E-state index in [9.17, 15) is 0 Å². The van der Waals surface area contributed by atoms with Gasteiger partial charge >= 0.3 is 0 Å². The van der Waals surface area contributed by atoms with Crippen molar-refractivity contribution in [3.05, 3.63) is 59.2 Å².